The minimum atomic E-state index is 0.211. The lowest BCUT2D eigenvalue weighted by molar-refractivity contribution is 0.590. The van der Waals surface area contributed by atoms with Crippen molar-refractivity contribution < 1.29 is 0 Å². The van der Waals surface area contributed by atoms with E-state index in [0.29, 0.717) is 0 Å². The van der Waals surface area contributed by atoms with Gasteiger partial charge >= 0.3 is 0 Å². The fourth-order valence-electron chi connectivity index (χ4n) is 2.45. The van der Waals surface area contributed by atoms with Gasteiger partial charge in [0.15, 0.2) is 0 Å². The molecule has 0 amide bonds. The quantitative estimate of drug-likeness (QED) is 0.721. The zero-order valence-electron chi connectivity index (χ0n) is 13.5. The van der Waals surface area contributed by atoms with Crippen molar-refractivity contribution in [2.75, 3.05) is 5.32 Å². The Balaban J connectivity index is 2.10. The fourth-order valence-corrected chi connectivity index (χ4v) is 3.27. The molecule has 2 heteroatoms. The molecule has 0 fully saturated rings. The lowest BCUT2D eigenvalue weighted by Crippen LogP contribution is -2.11. The molecule has 21 heavy (non-hydrogen) atoms. The Bertz CT molecular complexity index is 598. The molecular weight excluding hydrogens is 322 g/mol. The van der Waals surface area contributed by atoms with Gasteiger partial charge in [-0.25, -0.2) is 0 Å². The molecule has 0 aromatic heterocycles. The van der Waals surface area contributed by atoms with E-state index < -0.39 is 0 Å². The Hall–Kier alpha value is -1.28. The maximum absolute atomic E-state index is 3.65. The molecule has 0 radical (unpaired) electrons. The second-order valence-corrected chi connectivity index (χ2v) is 7.59. The summed E-state index contributed by atoms with van der Waals surface area (Å²) in [6, 6.07) is 13.2. The molecule has 2 aromatic rings. The fraction of sp³-hybridized carbons (Fsp3) is 0.368. The summed E-state index contributed by atoms with van der Waals surface area (Å²) >= 11 is 3.65. The van der Waals surface area contributed by atoms with Crippen molar-refractivity contribution in [1.82, 2.24) is 0 Å². The Morgan fingerprint density at radius 1 is 1.00 bits per heavy atom. The van der Waals surface area contributed by atoms with Gasteiger partial charge in [-0.1, -0.05) is 51.1 Å². The zero-order chi connectivity index (χ0) is 15.6. The van der Waals surface area contributed by atoms with Gasteiger partial charge in [-0.2, -0.15) is 0 Å². The third-order valence-corrected chi connectivity index (χ3v) is 4.35. The van der Waals surface area contributed by atoms with Crippen molar-refractivity contribution in [1.29, 1.82) is 0 Å². The molecule has 1 N–H and O–H groups in total. The summed E-state index contributed by atoms with van der Waals surface area (Å²) in [6.07, 6.45) is 0. The van der Waals surface area contributed by atoms with Crippen LogP contribution in [0, 0.1) is 13.8 Å². The predicted octanol–water partition coefficient (Wildman–Crippen LogP) is 5.98. The lowest BCUT2D eigenvalue weighted by atomic mass is 9.87. The van der Waals surface area contributed by atoms with Crippen LogP contribution in [0.1, 0.15) is 43.0 Å². The standard InChI is InChI=1S/C19H24BrN/c1-13-10-14(2)18(17(20)11-13)21-12-15-6-8-16(9-7-15)19(3,4)5/h6-11,21H,12H2,1-5H3. The van der Waals surface area contributed by atoms with Gasteiger partial charge in [0, 0.05) is 11.0 Å². The number of benzene rings is 2. The first-order valence-electron chi connectivity index (χ1n) is 7.37. The molecule has 0 aliphatic heterocycles. The zero-order valence-corrected chi connectivity index (χ0v) is 15.1. The highest BCUT2D eigenvalue weighted by Gasteiger charge is 2.12. The summed E-state index contributed by atoms with van der Waals surface area (Å²) in [5.74, 6) is 0. The molecule has 0 aliphatic rings. The molecule has 0 bridgehead atoms. The van der Waals surface area contributed by atoms with E-state index in [1.165, 1.54) is 27.9 Å². The maximum Gasteiger partial charge on any atom is 0.0517 e. The highest BCUT2D eigenvalue weighted by molar-refractivity contribution is 9.10. The van der Waals surface area contributed by atoms with E-state index in [-0.39, 0.29) is 5.41 Å². The van der Waals surface area contributed by atoms with Gasteiger partial charge in [0.1, 0.15) is 0 Å². The van der Waals surface area contributed by atoms with Gasteiger partial charge in [-0.3, -0.25) is 0 Å². The van der Waals surface area contributed by atoms with E-state index in [0.717, 1.165) is 11.0 Å². The SMILES string of the molecule is Cc1cc(C)c(NCc2ccc(C(C)(C)C)cc2)c(Br)c1. The van der Waals surface area contributed by atoms with Crippen LogP contribution in [0.15, 0.2) is 40.9 Å². The number of hydrogen-bond acceptors (Lipinski definition) is 1. The molecule has 0 aliphatic carbocycles. The summed E-state index contributed by atoms with van der Waals surface area (Å²) in [7, 11) is 0. The minimum absolute atomic E-state index is 0.211. The molecule has 0 spiro atoms. The van der Waals surface area contributed by atoms with Crippen molar-refractivity contribution in [3.8, 4) is 0 Å². The normalized spacial score (nSPS) is 11.5. The van der Waals surface area contributed by atoms with Crippen molar-refractivity contribution in [2.45, 2.75) is 46.6 Å². The number of anilines is 1. The van der Waals surface area contributed by atoms with Crippen LogP contribution in [0.4, 0.5) is 5.69 Å². The van der Waals surface area contributed by atoms with Crippen molar-refractivity contribution in [3.63, 3.8) is 0 Å². The number of rotatable bonds is 3. The Morgan fingerprint density at radius 2 is 1.62 bits per heavy atom. The van der Waals surface area contributed by atoms with E-state index in [4.69, 9.17) is 0 Å². The molecule has 1 nitrogen and oxygen atoms in total. The largest absolute Gasteiger partial charge is 0.380 e. The van der Waals surface area contributed by atoms with Crippen LogP contribution in [0.25, 0.3) is 0 Å². The van der Waals surface area contributed by atoms with Gasteiger partial charge in [0.2, 0.25) is 0 Å². The Kier molecular flexibility index (Phi) is 4.77. The highest BCUT2D eigenvalue weighted by atomic mass is 79.9. The number of halogens is 1. The summed E-state index contributed by atoms with van der Waals surface area (Å²) in [4.78, 5) is 0. The second-order valence-electron chi connectivity index (χ2n) is 6.74. The average molecular weight is 346 g/mol. The molecule has 0 atom stereocenters. The lowest BCUT2D eigenvalue weighted by Gasteiger charge is -2.19. The van der Waals surface area contributed by atoms with Gasteiger partial charge < -0.3 is 5.32 Å². The minimum Gasteiger partial charge on any atom is -0.380 e. The van der Waals surface area contributed by atoms with Crippen LogP contribution >= 0.6 is 15.9 Å². The van der Waals surface area contributed by atoms with E-state index in [1.54, 1.807) is 0 Å². The Morgan fingerprint density at radius 3 is 2.14 bits per heavy atom. The van der Waals surface area contributed by atoms with Crippen LogP contribution in [0.5, 0.6) is 0 Å². The van der Waals surface area contributed by atoms with Crippen LogP contribution in [0.3, 0.4) is 0 Å². The molecule has 0 heterocycles. The number of aryl methyl sites for hydroxylation is 2. The molecule has 112 valence electrons. The van der Waals surface area contributed by atoms with E-state index in [9.17, 15) is 0 Å². The summed E-state index contributed by atoms with van der Waals surface area (Å²) in [6.45, 7) is 11.8. The highest BCUT2D eigenvalue weighted by Crippen LogP contribution is 2.28. The van der Waals surface area contributed by atoms with E-state index in [1.807, 2.05) is 0 Å². The summed E-state index contributed by atoms with van der Waals surface area (Å²) < 4.78 is 1.13. The van der Waals surface area contributed by atoms with Crippen LogP contribution in [-0.4, -0.2) is 0 Å². The topological polar surface area (TPSA) is 12.0 Å². The van der Waals surface area contributed by atoms with Crippen LogP contribution in [0.2, 0.25) is 0 Å². The van der Waals surface area contributed by atoms with Crippen molar-refractivity contribution in [3.05, 3.63) is 63.1 Å². The molecule has 0 saturated heterocycles. The van der Waals surface area contributed by atoms with Crippen molar-refractivity contribution in [2.24, 2.45) is 0 Å². The van der Waals surface area contributed by atoms with Gasteiger partial charge in [-0.05, 0) is 63.5 Å². The average Bonchev–Trinajstić information content (AvgIpc) is 2.37. The van der Waals surface area contributed by atoms with E-state index >= 15 is 0 Å². The first-order valence-corrected chi connectivity index (χ1v) is 8.17. The number of nitrogens with one attached hydrogen (secondary N) is 1. The first kappa shape index (κ1) is 16.1. The van der Waals surface area contributed by atoms with E-state index in [2.05, 4.69) is 92.3 Å². The van der Waals surface area contributed by atoms with Crippen LogP contribution < -0.4 is 5.32 Å². The maximum atomic E-state index is 3.65. The molecule has 2 aromatic carbocycles. The molecule has 0 unspecified atom stereocenters. The van der Waals surface area contributed by atoms with Gasteiger partial charge in [0.05, 0.1) is 5.69 Å². The Labute approximate surface area is 136 Å². The molecule has 0 saturated carbocycles. The van der Waals surface area contributed by atoms with Crippen LogP contribution in [-0.2, 0) is 12.0 Å². The second kappa shape index (κ2) is 6.23. The first-order chi connectivity index (χ1) is 9.77. The third-order valence-electron chi connectivity index (χ3n) is 3.72. The summed E-state index contributed by atoms with van der Waals surface area (Å²) in [5, 5.41) is 3.54. The third kappa shape index (κ3) is 4.10. The van der Waals surface area contributed by atoms with Crippen molar-refractivity contribution >= 4 is 21.6 Å². The molecule has 2 rings (SSSR count). The van der Waals surface area contributed by atoms with Gasteiger partial charge in [0.25, 0.3) is 0 Å². The smallest absolute Gasteiger partial charge is 0.0517 e. The van der Waals surface area contributed by atoms with Gasteiger partial charge in [-0.15, -0.1) is 0 Å². The summed E-state index contributed by atoms with van der Waals surface area (Å²) in [5.41, 5.74) is 6.62. The monoisotopic (exact) mass is 345 g/mol. The molecular formula is C19H24BrN. The number of hydrogen-bond donors (Lipinski definition) is 1. The predicted molar refractivity (Wildman–Crippen MR) is 96.1 cm³/mol.